The predicted octanol–water partition coefficient (Wildman–Crippen LogP) is 3.40. The Morgan fingerprint density at radius 1 is 1.21 bits per heavy atom. The number of hydrogen-bond acceptors (Lipinski definition) is 3. The van der Waals surface area contributed by atoms with E-state index in [0.29, 0.717) is 0 Å². The number of rotatable bonds is 4. The van der Waals surface area contributed by atoms with Crippen LogP contribution in [0.2, 0.25) is 0 Å². The Bertz CT molecular complexity index is 879. The molecule has 0 saturated heterocycles. The average molecular weight is 388 g/mol. The molecule has 0 unspecified atom stereocenters. The summed E-state index contributed by atoms with van der Waals surface area (Å²) in [6.07, 6.45) is 3.67. The summed E-state index contributed by atoms with van der Waals surface area (Å²) in [6.45, 7) is 5.96. The van der Waals surface area contributed by atoms with Crippen molar-refractivity contribution >= 4 is 27.5 Å². The zero-order chi connectivity index (χ0) is 17.3. The lowest BCUT2D eigenvalue weighted by molar-refractivity contribution is -0.116. The minimum atomic E-state index is -0.111. The number of aromatic nitrogens is 4. The van der Waals surface area contributed by atoms with Gasteiger partial charge in [-0.05, 0) is 61.0 Å². The van der Waals surface area contributed by atoms with Crippen molar-refractivity contribution in [3.05, 3.63) is 58.3 Å². The van der Waals surface area contributed by atoms with Gasteiger partial charge in [0.05, 0.1) is 15.9 Å². The molecule has 0 fully saturated rings. The van der Waals surface area contributed by atoms with Gasteiger partial charge in [0.1, 0.15) is 12.4 Å². The highest BCUT2D eigenvalue weighted by Gasteiger charge is 2.12. The third-order valence-electron chi connectivity index (χ3n) is 3.84. The van der Waals surface area contributed by atoms with Gasteiger partial charge in [-0.25, -0.2) is 4.98 Å². The van der Waals surface area contributed by atoms with Crippen molar-refractivity contribution < 1.29 is 4.79 Å². The minimum Gasteiger partial charge on any atom is -0.324 e. The minimum absolute atomic E-state index is 0.111. The van der Waals surface area contributed by atoms with Gasteiger partial charge in [-0.2, -0.15) is 5.10 Å². The van der Waals surface area contributed by atoms with Crippen molar-refractivity contribution in [1.29, 1.82) is 0 Å². The average Bonchev–Trinajstić information content (AvgIpc) is 3.08. The largest absolute Gasteiger partial charge is 0.324 e. The van der Waals surface area contributed by atoms with Crippen LogP contribution in [0.4, 0.5) is 5.69 Å². The van der Waals surface area contributed by atoms with Crippen molar-refractivity contribution in [1.82, 2.24) is 19.3 Å². The Kier molecular flexibility index (Phi) is 4.53. The van der Waals surface area contributed by atoms with Crippen LogP contribution >= 0.6 is 15.9 Å². The first kappa shape index (κ1) is 16.4. The van der Waals surface area contributed by atoms with Crippen LogP contribution in [0.1, 0.15) is 17.2 Å². The Labute approximate surface area is 148 Å². The third-order valence-corrected chi connectivity index (χ3v) is 4.99. The molecule has 0 bridgehead atoms. The molecule has 2 heterocycles. The van der Waals surface area contributed by atoms with Gasteiger partial charge in [0, 0.05) is 23.8 Å². The second-order valence-electron chi connectivity index (χ2n) is 5.58. The molecule has 2 aromatic heterocycles. The van der Waals surface area contributed by atoms with Crippen LogP contribution in [0.25, 0.3) is 5.69 Å². The summed E-state index contributed by atoms with van der Waals surface area (Å²) < 4.78 is 4.62. The summed E-state index contributed by atoms with van der Waals surface area (Å²) in [4.78, 5) is 16.4. The van der Waals surface area contributed by atoms with Crippen molar-refractivity contribution in [2.24, 2.45) is 0 Å². The number of carbonyl (C=O) groups is 1. The fourth-order valence-corrected chi connectivity index (χ4v) is 2.81. The zero-order valence-corrected chi connectivity index (χ0v) is 15.3. The van der Waals surface area contributed by atoms with Gasteiger partial charge in [-0.1, -0.05) is 0 Å². The van der Waals surface area contributed by atoms with Gasteiger partial charge >= 0.3 is 0 Å². The van der Waals surface area contributed by atoms with E-state index in [4.69, 9.17) is 0 Å². The van der Waals surface area contributed by atoms with Crippen LogP contribution in [0.15, 0.2) is 41.1 Å². The topological polar surface area (TPSA) is 64.7 Å². The summed E-state index contributed by atoms with van der Waals surface area (Å²) in [5.41, 5.74) is 3.57. The standard InChI is InChI=1S/C17H18BrN5O/c1-11-17(18)12(2)23(21-11)10-16(24)20-14-4-6-15(7-5-14)22-9-8-19-13(22)3/h4-9H,10H2,1-3H3,(H,20,24). The van der Waals surface area contributed by atoms with E-state index in [-0.39, 0.29) is 12.5 Å². The van der Waals surface area contributed by atoms with Crippen molar-refractivity contribution in [2.45, 2.75) is 27.3 Å². The van der Waals surface area contributed by atoms with Gasteiger partial charge in [0.15, 0.2) is 0 Å². The van der Waals surface area contributed by atoms with Gasteiger partial charge in [0.2, 0.25) is 5.91 Å². The number of anilines is 1. The van der Waals surface area contributed by atoms with Gasteiger partial charge in [-0.3, -0.25) is 9.48 Å². The molecule has 7 heteroatoms. The maximum absolute atomic E-state index is 12.2. The van der Waals surface area contributed by atoms with E-state index in [1.54, 1.807) is 10.9 Å². The predicted molar refractivity (Wildman–Crippen MR) is 96.3 cm³/mol. The van der Waals surface area contributed by atoms with Crippen molar-refractivity contribution in [3.8, 4) is 5.69 Å². The highest BCUT2D eigenvalue weighted by molar-refractivity contribution is 9.10. The summed E-state index contributed by atoms with van der Waals surface area (Å²) in [5, 5.41) is 7.24. The van der Waals surface area contributed by atoms with Crippen LogP contribution < -0.4 is 5.32 Å². The lowest BCUT2D eigenvalue weighted by atomic mass is 10.2. The smallest absolute Gasteiger partial charge is 0.246 e. The molecule has 3 aromatic rings. The summed E-state index contributed by atoms with van der Waals surface area (Å²) in [6, 6.07) is 7.65. The van der Waals surface area contributed by atoms with E-state index in [1.165, 1.54) is 0 Å². The molecular weight excluding hydrogens is 370 g/mol. The number of aryl methyl sites for hydroxylation is 2. The Balaban J connectivity index is 1.68. The molecule has 24 heavy (non-hydrogen) atoms. The van der Waals surface area contributed by atoms with Crippen LogP contribution in [-0.4, -0.2) is 25.2 Å². The molecule has 1 amide bonds. The summed E-state index contributed by atoms with van der Waals surface area (Å²) >= 11 is 3.47. The highest BCUT2D eigenvalue weighted by atomic mass is 79.9. The number of nitrogens with zero attached hydrogens (tertiary/aromatic N) is 4. The first-order chi connectivity index (χ1) is 11.5. The molecule has 0 aliphatic carbocycles. The van der Waals surface area contributed by atoms with Gasteiger partial charge in [0.25, 0.3) is 0 Å². The van der Waals surface area contributed by atoms with E-state index in [2.05, 4.69) is 31.3 Å². The Hall–Kier alpha value is -2.41. The van der Waals surface area contributed by atoms with Crippen molar-refractivity contribution in [2.75, 3.05) is 5.32 Å². The van der Waals surface area contributed by atoms with Crippen molar-refractivity contribution in [3.63, 3.8) is 0 Å². The molecular formula is C17H18BrN5O. The summed E-state index contributed by atoms with van der Waals surface area (Å²) in [7, 11) is 0. The molecule has 0 spiro atoms. The molecule has 1 aromatic carbocycles. The maximum atomic E-state index is 12.2. The molecule has 3 rings (SSSR count). The van der Waals surface area contributed by atoms with Gasteiger partial charge in [-0.15, -0.1) is 0 Å². The first-order valence-electron chi connectivity index (χ1n) is 7.55. The SMILES string of the molecule is Cc1nn(CC(=O)Nc2ccc(-n3ccnc3C)cc2)c(C)c1Br. The number of carbonyl (C=O) groups excluding carboxylic acids is 1. The number of amides is 1. The van der Waals surface area contributed by atoms with Crippen LogP contribution in [0, 0.1) is 20.8 Å². The van der Waals surface area contributed by atoms with E-state index in [9.17, 15) is 4.79 Å². The van der Waals surface area contributed by atoms with Gasteiger partial charge < -0.3 is 9.88 Å². The quantitative estimate of drug-likeness (QED) is 0.745. The Morgan fingerprint density at radius 3 is 2.46 bits per heavy atom. The molecule has 0 aliphatic rings. The second kappa shape index (κ2) is 6.60. The molecule has 6 nitrogen and oxygen atoms in total. The molecule has 0 saturated carbocycles. The van der Waals surface area contributed by atoms with E-state index in [0.717, 1.165) is 33.1 Å². The first-order valence-corrected chi connectivity index (χ1v) is 8.35. The lowest BCUT2D eigenvalue weighted by Gasteiger charge is -2.09. The second-order valence-corrected chi connectivity index (χ2v) is 6.37. The normalized spacial score (nSPS) is 10.8. The molecule has 1 N–H and O–H groups in total. The molecule has 0 atom stereocenters. The fraction of sp³-hybridized carbons (Fsp3) is 0.235. The van der Waals surface area contributed by atoms with E-state index < -0.39 is 0 Å². The fourth-order valence-electron chi connectivity index (χ4n) is 2.52. The lowest BCUT2D eigenvalue weighted by Crippen LogP contribution is -2.20. The number of imidazole rings is 1. The van der Waals surface area contributed by atoms with E-state index >= 15 is 0 Å². The molecule has 0 radical (unpaired) electrons. The van der Waals surface area contributed by atoms with Crippen LogP contribution in [-0.2, 0) is 11.3 Å². The third kappa shape index (κ3) is 3.26. The summed E-state index contributed by atoms with van der Waals surface area (Å²) in [5.74, 6) is 0.807. The van der Waals surface area contributed by atoms with Crippen LogP contribution in [0.5, 0.6) is 0 Å². The van der Waals surface area contributed by atoms with E-state index in [1.807, 2.05) is 55.8 Å². The molecule has 124 valence electrons. The zero-order valence-electron chi connectivity index (χ0n) is 13.7. The number of nitrogens with one attached hydrogen (secondary N) is 1. The Morgan fingerprint density at radius 2 is 1.92 bits per heavy atom. The number of hydrogen-bond donors (Lipinski definition) is 1. The number of benzene rings is 1. The monoisotopic (exact) mass is 387 g/mol. The molecule has 0 aliphatic heterocycles. The maximum Gasteiger partial charge on any atom is 0.246 e. The van der Waals surface area contributed by atoms with Crippen LogP contribution in [0.3, 0.4) is 0 Å². The number of halogens is 1. The highest BCUT2D eigenvalue weighted by Crippen LogP contribution is 2.20.